The van der Waals surface area contributed by atoms with Gasteiger partial charge in [-0.2, -0.15) is 6.66 Å². The molecule has 0 heterocycles. The van der Waals surface area contributed by atoms with Crippen LogP contribution in [0.2, 0.25) is 0 Å². The molecule has 380 valence electrons. The Labute approximate surface area is 584 Å². The van der Waals surface area contributed by atoms with Crippen LogP contribution >= 0.6 is 17.2 Å². The molecule has 76 heavy (non-hydrogen) atoms. The zero-order chi connectivity index (χ0) is 50.5. The van der Waals surface area contributed by atoms with E-state index in [2.05, 4.69) is 22.5 Å². The van der Waals surface area contributed by atoms with Gasteiger partial charge in [0.25, 0.3) is 0 Å². The number of hydrogen-bond acceptors (Lipinski definition) is 14. The summed E-state index contributed by atoms with van der Waals surface area (Å²) in [5.74, 6) is -1.72. The van der Waals surface area contributed by atoms with Gasteiger partial charge >= 0.3 is 170 Å². The molecule has 4 aromatic carbocycles. The van der Waals surface area contributed by atoms with Crippen LogP contribution in [0.4, 0.5) is 22.7 Å². The van der Waals surface area contributed by atoms with Gasteiger partial charge in [0.2, 0.25) is 0 Å². The first kappa shape index (κ1) is 81.5. The number of carbonyl (C=O) groups is 4. The van der Waals surface area contributed by atoms with Gasteiger partial charge in [0.15, 0.2) is 11.6 Å². The molecule has 0 aromatic heterocycles. The second kappa shape index (κ2) is 43.8. The van der Waals surface area contributed by atoms with E-state index in [4.69, 9.17) is 0 Å². The third-order valence-electron chi connectivity index (χ3n) is 11.5. The predicted molar refractivity (Wildman–Crippen MR) is 285 cm³/mol. The molecule has 0 amide bonds. The molecule has 0 bridgehead atoms. The third kappa shape index (κ3) is 28.2. The van der Waals surface area contributed by atoms with Crippen molar-refractivity contribution in [1.82, 2.24) is 0 Å². The third-order valence-corrected chi connectivity index (χ3v) is 11.5. The fourth-order valence-electron chi connectivity index (χ4n) is 7.75. The van der Waals surface area contributed by atoms with Crippen molar-refractivity contribution in [3.63, 3.8) is 0 Å². The van der Waals surface area contributed by atoms with Crippen LogP contribution < -0.4 is 199 Å². The Morgan fingerprint density at radius 1 is 0.566 bits per heavy atom. The minimum absolute atomic E-state index is 0. The van der Waals surface area contributed by atoms with Crippen LogP contribution in [0.5, 0.6) is 0 Å². The van der Waals surface area contributed by atoms with Crippen molar-refractivity contribution in [1.29, 1.82) is 0 Å². The van der Waals surface area contributed by atoms with E-state index < -0.39 is 11.9 Å². The summed E-state index contributed by atoms with van der Waals surface area (Å²) in [7, 11) is 11.2. The Morgan fingerprint density at radius 3 is 1.21 bits per heavy atom. The number of hydrogen-bond donors (Lipinski definition) is 0. The van der Waals surface area contributed by atoms with Crippen molar-refractivity contribution in [2.45, 2.75) is 45.4 Å². The summed E-state index contributed by atoms with van der Waals surface area (Å²) < 4.78 is 0. The number of carboxylic acid groups (broad SMARTS) is 2. The molecule has 2 atom stereocenters. The molecular formula is C55H63KN4Na4O10P2-2. The van der Waals surface area contributed by atoms with Gasteiger partial charge in [-0.15, -0.1) is 6.42 Å². The molecule has 2 aliphatic rings. The first-order chi connectivity index (χ1) is 33.0. The van der Waals surface area contributed by atoms with Crippen molar-refractivity contribution >= 4 is 100 Å². The summed E-state index contributed by atoms with van der Waals surface area (Å²) in [5.41, 5.74) is 10.5. The minimum atomic E-state index is -1.13. The number of ketones is 2. The van der Waals surface area contributed by atoms with Crippen LogP contribution in [-0.2, 0) is 28.8 Å². The first-order valence-electron chi connectivity index (χ1n) is 22.6. The molecule has 0 radical (unpaired) electrons. The zero-order valence-corrected chi connectivity index (χ0v) is 59.3. The van der Waals surface area contributed by atoms with Crippen LogP contribution in [0.15, 0.2) is 119 Å². The van der Waals surface area contributed by atoms with E-state index in [1.54, 1.807) is 16.8 Å². The first-order valence-corrected chi connectivity index (χ1v) is 25.6. The van der Waals surface area contributed by atoms with Crippen LogP contribution in [0.1, 0.15) is 67.7 Å². The number of allylic oxidation sites excluding steroid dienone is 4. The number of Topliss-reactive ketones (excluding diaryl/α,β-unsaturated/α-hetero) is 2. The zero-order valence-electron chi connectivity index (χ0n) is 46.2. The fourth-order valence-corrected chi connectivity index (χ4v) is 7.75. The molecule has 2 unspecified atom stereocenters. The molecule has 2 N–H and O–H groups in total. The number of carboxylic acids is 2. The number of anilines is 4. The quantitative estimate of drug-likeness (QED) is 0.0391. The average molecular weight is 1130 g/mol. The van der Waals surface area contributed by atoms with Gasteiger partial charge in [-0.1, -0.05) is 62.0 Å². The molecule has 2 saturated carbocycles. The fraction of sp³-hybridized carbons (Fsp3) is 0.309. The average Bonchev–Trinajstić information content (AvgIpc) is 3.66. The van der Waals surface area contributed by atoms with Crippen molar-refractivity contribution in [2.24, 2.45) is 5.92 Å². The maximum atomic E-state index is 13.2. The standard InChI is InChI=1S/2C27H29N2O4.CH5P2.K.4Na.2H2O/c1-28(15-3-17-30)24-10-4-20(5-11-24)18-22-8-9-23(27(22)33)19-21-6-12-25(13-7-21)29(2)16-14-26(31)32;1-19-14-22(16-20-4-8-24(9-5-20)28(2)12-13-30)27(33)23(15-19)17-21-6-10-25(11-7-21)29(3)18-26(31)32;1-3-2;;;;;;;/h4-7,10-13,18-19H,3,8-9,14-16H2,1-2H3,(H,31,32);4-11,16-17,19H,12,14-15,18H2,1-3H3,(H,31,32);2H2,1H3;;;;;;2*1H2/q3*-1;5*+1;;/p-4/b22-18+,23-19+;22-16+,23-17+;;;;;;;;. The summed E-state index contributed by atoms with van der Waals surface area (Å²) in [4.78, 5) is 75.8. The van der Waals surface area contributed by atoms with Gasteiger partial charge in [0, 0.05) is 92.2 Å². The summed E-state index contributed by atoms with van der Waals surface area (Å²) in [6.07, 6.45) is 14.7. The topological polar surface area (TPSA) is 222 Å². The van der Waals surface area contributed by atoms with Crippen LogP contribution in [0, 0.1) is 5.92 Å². The molecule has 21 heteroatoms. The summed E-state index contributed by atoms with van der Waals surface area (Å²) in [6.45, 7) is 5.22. The van der Waals surface area contributed by atoms with Gasteiger partial charge in [-0.05, 0) is 133 Å². The Bertz CT molecular complexity index is 2540. The SMILES string of the molecule is CC1C/C(=C\c2ccc(N(C)C[C-]=O)cc2)C(=O)/C(=C/c2ccc(N(C)CC(=O)[O-])cc2)C1.CN(CC[C-]=O)c1ccc(/C=C2\CC/C(=C\c3ccc(N(C)CCC(=O)[O-])cc3)C2=O)cc1.C[P-]P.[K+].[Na+].[Na+].[Na+].[Na+].[OH-].[OH-]. The van der Waals surface area contributed by atoms with E-state index >= 15 is 0 Å². The number of aliphatic carboxylic acids is 2. The molecule has 2 fully saturated rings. The van der Waals surface area contributed by atoms with E-state index in [1.165, 1.54) is 8.27 Å². The second-order valence-electron chi connectivity index (χ2n) is 17.1. The van der Waals surface area contributed by atoms with Gasteiger partial charge in [0.05, 0.1) is 12.5 Å². The molecule has 0 spiro atoms. The number of nitrogens with zero attached hydrogens (tertiary/aromatic N) is 4. The molecule has 2 aliphatic carbocycles. The molecule has 4 aromatic rings. The Hall–Kier alpha value is -0.924. The number of rotatable bonds is 18. The molecular weight excluding hydrogens is 1070 g/mol. The molecule has 14 nitrogen and oxygen atoms in total. The Morgan fingerprint density at radius 2 is 0.882 bits per heavy atom. The summed E-state index contributed by atoms with van der Waals surface area (Å²) >= 11 is 0. The van der Waals surface area contributed by atoms with Crippen LogP contribution in [0.3, 0.4) is 0 Å². The van der Waals surface area contributed by atoms with Gasteiger partial charge in [0.1, 0.15) is 0 Å². The van der Waals surface area contributed by atoms with Crippen molar-refractivity contribution in [3.8, 4) is 0 Å². The van der Waals surface area contributed by atoms with E-state index in [9.17, 15) is 39.0 Å². The number of carbonyl (C=O) groups excluding carboxylic acids is 6. The van der Waals surface area contributed by atoms with Crippen molar-refractivity contribution in [3.05, 3.63) is 142 Å². The van der Waals surface area contributed by atoms with Crippen LogP contribution in [-0.4, -0.2) is 108 Å². The maximum absolute atomic E-state index is 13.2. The van der Waals surface area contributed by atoms with Crippen molar-refractivity contribution < 1.29 is 220 Å². The van der Waals surface area contributed by atoms with Crippen molar-refractivity contribution in [2.75, 3.05) is 80.6 Å². The Balaban J connectivity index is -0.000000596. The van der Waals surface area contributed by atoms with Gasteiger partial charge in [-0.25, -0.2) is 6.29 Å². The van der Waals surface area contributed by atoms with Gasteiger partial charge < -0.3 is 77.1 Å². The van der Waals surface area contributed by atoms with E-state index in [0.717, 1.165) is 73.7 Å². The number of likely N-dealkylation sites (N-methyl/N-ethyl adjacent to an activating group) is 2. The second-order valence-corrected chi connectivity index (χ2v) is 19.1. The number of benzene rings is 4. The normalized spacial score (nSPS) is 15.2. The summed E-state index contributed by atoms with van der Waals surface area (Å²) in [6, 6.07) is 30.8. The molecule has 0 aliphatic heterocycles. The van der Waals surface area contributed by atoms with Gasteiger partial charge in [-0.3, -0.25) is 15.9 Å². The van der Waals surface area contributed by atoms with Crippen LogP contribution in [0.25, 0.3) is 24.3 Å². The maximum Gasteiger partial charge on any atom is 1.00 e. The van der Waals surface area contributed by atoms with E-state index in [-0.39, 0.29) is 212 Å². The molecule has 0 saturated heterocycles. The smallest absolute Gasteiger partial charge is 0.870 e. The monoisotopic (exact) mass is 1130 g/mol. The van der Waals surface area contributed by atoms with E-state index in [1.807, 2.05) is 165 Å². The summed E-state index contributed by atoms with van der Waals surface area (Å²) in [5, 5.41) is 21.4. The largest absolute Gasteiger partial charge is 1.00 e. The predicted octanol–water partition coefficient (Wildman–Crippen LogP) is -8.07. The van der Waals surface area contributed by atoms with E-state index in [0.29, 0.717) is 44.7 Å². The Kier molecular flexibility index (Phi) is 47.0. The molecule has 6 rings (SSSR count). The minimum Gasteiger partial charge on any atom is -0.870 e.